The van der Waals surface area contributed by atoms with Crippen LogP contribution >= 0.6 is 23.5 Å². The smallest absolute Gasteiger partial charge is 0.305 e. The lowest BCUT2D eigenvalue weighted by atomic mass is 9.95. The molecule has 0 radical (unpaired) electrons. The number of nitrogens with two attached hydrogens (primary N) is 4. The molecule has 0 aliphatic carbocycles. The summed E-state index contributed by atoms with van der Waals surface area (Å²) in [5.41, 5.74) is 25.2. The number of H-pyrrole nitrogens is 2. The summed E-state index contributed by atoms with van der Waals surface area (Å²) in [5, 5.41) is 41.9. The molecule has 6 aromatic rings. The number of rotatable bonds is 16. The second kappa shape index (κ2) is 36.5. The number of carbonyl (C=O) groups excluding carboxylic acids is 10. The topological polar surface area (TPSA) is 489 Å². The van der Waals surface area contributed by atoms with Crippen LogP contribution < -0.4 is 65.5 Å². The number of fused-ring (bicyclic) bond motifs is 4. The highest BCUT2D eigenvalue weighted by atomic mass is 32.2. The number of nitrogens with one attached hydrogen (secondary N) is 10. The molecule has 10 amide bonds. The van der Waals surface area contributed by atoms with Crippen LogP contribution in [0.1, 0.15) is 85.4 Å². The van der Waals surface area contributed by atoms with Crippen LogP contribution in [0.4, 0.5) is 10.1 Å². The van der Waals surface area contributed by atoms with E-state index in [1.165, 1.54) is 109 Å². The van der Waals surface area contributed by atoms with Gasteiger partial charge in [-0.05, 0) is 116 Å². The van der Waals surface area contributed by atoms with Crippen molar-refractivity contribution in [3.8, 4) is 5.75 Å². The van der Waals surface area contributed by atoms with Crippen molar-refractivity contribution in [2.24, 2.45) is 27.9 Å². The van der Waals surface area contributed by atoms with E-state index in [0.29, 0.717) is 65.4 Å². The van der Waals surface area contributed by atoms with E-state index in [1.54, 1.807) is 12.1 Å². The van der Waals surface area contributed by atoms with Gasteiger partial charge in [0.25, 0.3) is 0 Å². The largest absolute Gasteiger partial charge is 0.508 e. The number of halogens is 1. The number of carboxylic acid groups (broad SMARTS) is 1. The van der Waals surface area contributed by atoms with Crippen molar-refractivity contribution < 1.29 is 67.3 Å². The van der Waals surface area contributed by atoms with Crippen molar-refractivity contribution in [1.82, 2.24) is 62.4 Å². The maximum atomic E-state index is 15.2. The summed E-state index contributed by atoms with van der Waals surface area (Å²) >= 11 is 2.80. The Morgan fingerprint density at radius 2 is 1.32 bits per heavy atom. The number of aliphatic imine (C=N–C) groups is 1. The molecule has 33 heteroatoms. The number of imidazole rings is 1. The number of thioether (sulfide) groups is 2. The molecule has 2 aromatic heterocycles. The number of unbranched alkanes of at least 4 members (excludes halogenated alkanes) is 1. The summed E-state index contributed by atoms with van der Waals surface area (Å²) in [7, 11) is 0. The average Bonchev–Trinajstić information content (AvgIpc) is 1.68. The fraction of sp³-hybridized carbons (Fsp3) is 0.397. The number of carbonyl (C=O) groups is 11. The van der Waals surface area contributed by atoms with Crippen molar-refractivity contribution in [3.05, 3.63) is 149 Å². The van der Waals surface area contributed by atoms with Crippen LogP contribution in [-0.2, 0) is 89.9 Å². The number of phenolic OH excluding ortho intramolecular Hbond substituents is 1. The number of amides is 10. The number of aromatic hydroxyl groups is 1. The minimum absolute atomic E-state index is 0.0179. The van der Waals surface area contributed by atoms with Gasteiger partial charge in [-0.3, -0.25) is 52.7 Å². The average molecular weight is 1430 g/mol. The highest BCUT2D eigenvalue weighted by Crippen LogP contribution is 2.32. The van der Waals surface area contributed by atoms with Gasteiger partial charge in [-0.25, -0.2) is 14.4 Å². The molecule has 0 unspecified atom stereocenters. The number of primary amides is 1. The highest BCUT2D eigenvalue weighted by Gasteiger charge is 2.48. The first kappa shape index (κ1) is 76.2. The minimum Gasteiger partial charge on any atom is -0.508 e. The molecule has 20 N–H and O–H groups in total. The minimum atomic E-state index is -2.03. The summed E-state index contributed by atoms with van der Waals surface area (Å²) in [6.07, 6.45) is 3.17. The third kappa shape index (κ3) is 22.5. The lowest BCUT2D eigenvalue weighted by molar-refractivity contribution is -0.147. The van der Waals surface area contributed by atoms with E-state index in [1.807, 2.05) is 24.3 Å². The third-order valence-electron chi connectivity index (χ3n) is 17.0. The fourth-order valence-corrected chi connectivity index (χ4v) is 13.6. The Morgan fingerprint density at radius 3 is 1.97 bits per heavy atom. The Bertz CT molecular complexity index is 3970. The second-order valence-corrected chi connectivity index (χ2v) is 26.9. The second-order valence-electron chi connectivity index (χ2n) is 24.8. The maximum absolute atomic E-state index is 15.2. The monoisotopic (exact) mass is 1430 g/mol. The van der Waals surface area contributed by atoms with Crippen molar-refractivity contribution in [3.63, 3.8) is 0 Å². The molecule has 4 heterocycles. The number of aromatic amines is 2. The Kier molecular flexibility index (Phi) is 27.6. The number of hydrogen-bond donors (Lipinski definition) is 16. The molecule has 8 rings (SSSR count). The van der Waals surface area contributed by atoms with Crippen LogP contribution in [0.15, 0.2) is 115 Å². The lowest BCUT2D eigenvalue weighted by Crippen LogP contribution is -2.63. The molecule has 0 saturated carbocycles. The number of aromatic nitrogens is 3. The molecule has 0 spiro atoms. The van der Waals surface area contributed by atoms with Crippen LogP contribution in [0.25, 0.3) is 10.9 Å². The first-order valence-electron chi connectivity index (χ1n) is 32.7. The van der Waals surface area contributed by atoms with E-state index >= 15 is 14.4 Å². The number of aliphatic carboxylic acids is 1. The van der Waals surface area contributed by atoms with Crippen LogP contribution in [0.2, 0.25) is 0 Å². The fourth-order valence-electron chi connectivity index (χ4n) is 11.7. The Balaban J connectivity index is 1.15. The number of hydrogen-bond acceptors (Lipinski definition) is 17. The zero-order chi connectivity index (χ0) is 72.8. The van der Waals surface area contributed by atoms with Crippen LogP contribution in [-0.4, -0.2) is 180 Å². The van der Waals surface area contributed by atoms with Gasteiger partial charge in [0, 0.05) is 90.7 Å². The van der Waals surface area contributed by atoms with Crippen molar-refractivity contribution >= 4 is 111 Å². The van der Waals surface area contributed by atoms with Gasteiger partial charge in [-0.15, -0.1) is 0 Å². The van der Waals surface area contributed by atoms with Gasteiger partial charge in [0.2, 0.25) is 59.1 Å². The first-order chi connectivity index (χ1) is 48.3. The number of phenols is 1. The highest BCUT2D eigenvalue weighted by molar-refractivity contribution is 7.98. The molecular formula is C68H84FN17O13S2. The molecule has 2 aliphatic heterocycles. The Hall–Kier alpha value is -10.5. The molecule has 4 aromatic carbocycles. The van der Waals surface area contributed by atoms with Crippen molar-refractivity contribution in [2.75, 3.05) is 31.1 Å². The van der Waals surface area contributed by atoms with Gasteiger partial charge >= 0.3 is 5.97 Å². The maximum Gasteiger partial charge on any atom is 0.305 e. The summed E-state index contributed by atoms with van der Waals surface area (Å²) in [5.74, 6) is -10.1. The predicted octanol–water partition coefficient (Wildman–Crippen LogP) is 0.461. The van der Waals surface area contributed by atoms with E-state index < -0.39 is 138 Å². The summed E-state index contributed by atoms with van der Waals surface area (Å²) in [4.78, 5) is 172. The summed E-state index contributed by atoms with van der Waals surface area (Å²) < 4.78 is 14.9. The SMILES string of the molecule is C[C@@]12CCCN1C(=O)[C@H](Cc1ccc(O)cc1)NC(=O)[C@H](Cc1cnc[nH]1)NC(=O)[C@H](CC(=O)O)NC(=O)[C@H](Cc1c[nH]c3ccc(F)cc13)NC(=O)[C@H](Cc1ccc(N=C(N)N)cc1)NC(=O)CNC(=O)[C@H](CCCCN)NC(=O)CCSCc1cccc(c1)CSC[C@@H](C(N)=O)NC2=O. The summed E-state index contributed by atoms with van der Waals surface area (Å²) in [6, 6.07) is 12.5. The van der Waals surface area contributed by atoms with Crippen LogP contribution in [0.5, 0.6) is 5.75 Å². The van der Waals surface area contributed by atoms with E-state index in [0.717, 1.165) is 11.1 Å². The van der Waals surface area contributed by atoms with Gasteiger partial charge in [0.05, 0.1) is 25.0 Å². The number of nitrogens with zero attached hydrogens (tertiary/aromatic N) is 3. The van der Waals surface area contributed by atoms with Gasteiger partial charge in [0.15, 0.2) is 5.96 Å². The number of guanidine groups is 1. The molecule has 2 aliphatic rings. The van der Waals surface area contributed by atoms with Gasteiger partial charge in [-0.1, -0.05) is 48.5 Å². The van der Waals surface area contributed by atoms with E-state index in [-0.39, 0.29) is 79.2 Å². The van der Waals surface area contributed by atoms with Crippen molar-refractivity contribution in [1.29, 1.82) is 0 Å². The predicted molar refractivity (Wildman–Crippen MR) is 375 cm³/mol. The molecule has 1 saturated heterocycles. The Morgan fingerprint density at radius 1 is 0.693 bits per heavy atom. The van der Waals surface area contributed by atoms with E-state index in [9.17, 15) is 53.0 Å². The van der Waals surface area contributed by atoms with Crippen LogP contribution in [0.3, 0.4) is 0 Å². The van der Waals surface area contributed by atoms with E-state index in [2.05, 4.69) is 62.5 Å². The molecule has 538 valence electrons. The van der Waals surface area contributed by atoms with Crippen molar-refractivity contribution in [2.45, 2.75) is 137 Å². The lowest BCUT2D eigenvalue weighted by Gasteiger charge is -2.37. The zero-order valence-corrected chi connectivity index (χ0v) is 57.0. The Labute approximate surface area is 588 Å². The van der Waals surface area contributed by atoms with Gasteiger partial charge in [0.1, 0.15) is 59.4 Å². The molecule has 1 fully saturated rings. The first-order valence-corrected chi connectivity index (χ1v) is 35.0. The molecule has 8 atom stereocenters. The van der Waals surface area contributed by atoms with Crippen LogP contribution in [0, 0.1) is 5.82 Å². The number of carboxylic acids is 1. The normalized spacial score (nSPS) is 22.5. The van der Waals surface area contributed by atoms with E-state index in [4.69, 9.17) is 22.9 Å². The summed E-state index contributed by atoms with van der Waals surface area (Å²) in [6.45, 7) is 1.13. The standard InChI is InChI=1S/C68H84FN17O13S2/c1-68-20-5-22-86(68)65(98)54(26-39-11-16-46(87)17-12-39)84-63(96)52(29-45-32-74-37-77-45)82-64(97)53(30-58(90)91)83-62(95)51(27-42-31-75-48-18-13-43(69)28-47(42)48)81-61(94)50(25-38-9-14-44(15-10-38)78-67(72)73)80-57(89)33-76-60(93)49(8-2-3-21-70)79-56(88)19-23-100-34-40-6-4-7-41(24-40)35-101-36-55(59(71)92)85-66(68)99/h4,6-7,9-18,24,28,31-32,37,49-55,75,87H,2-3,5,8,19-23,25-27,29-30,33-36,70H2,1H3,(H2,71,92)(H,74,77)(H,76,93)(H,79,88)(H,80,89)(H,81,94)(H,82,97)(H,83,95)(H,84,96)(H,85,99)(H,90,91)(H4,72,73,78)/t49-,50-,51-,52-,53-,54-,55-,68-/m0/s1. The molecule has 2 bridgehead atoms. The molecular weight excluding hydrogens is 1350 g/mol. The zero-order valence-electron chi connectivity index (χ0n) is 55.4. The van der Waals surface area contributed by atoms with Gasteiger partial charge in [-0.2, -0.15) is 23.5 Å². The third-order valence-corrected chi connectivity index (χ3v) is 19.2. The number of benzene rings is 4. The quantitative estimate of drug-likeness (QED) is 0.0356. The molecule has 30 nitrogen and oxygen atoms in total. The van der Waals surface area contributed by atoms with Gasteiger partial charge < -0.3 is 90.5 Å². The molecule has 101 heavy (non-hydrogen) atoms.